The number of nitrogens with zero attached hydrogens (tertiary/aromatic N) is 3. The molecule has 1 saturated heterocycles. The number of carbonyl (C=O) groups excluding carboxylic acids is 2. The van der Waals surface area contributed by atoms with Crippen LogP contribution in [0.3, 0.4) is 0 Å². The normalized spacial score (nSPS) is 24.7. The Balaban J connectivity index is 1.52. The lowest BCUT2D eigenvalue weighted by atomic mass is 9.77. The van der Waals surface area contributed by atoms with Crippen LogP contribution in [0.5, 0.6) is 0 Å². The number of urea groups is 1. The molecule has 0 radical (unpaired) electrons. The first-order chi connectivity index (χ1) is 9.18. The Morgan fingerprint density at radius 2 is 2.16 bits per heavy atom. The van der Waals surface area contributed by atoms with Crippen LogP contribution in [0.15, 0.2) is 4.52 Å². The minimum absolute atomic E-state index is 0.0755. The second-order valence-corrected chi connectivity index (χ2v) is 5.58. The van der Waals surface area contributed by atoms with E-state index in [0.717, 1.165) is 32.1 Å². The van der Waals surface area contributed by atoms with Crippen molar-refractivity contribution in [1.29, 1.82) is 0 Å². The van der Waals surface area contributed by atoms with E-state index in [2.05, 4.69) is 15.5 Å². The molecule has 3 amide bonds. The van der Waals surface area contributed by atoms with Gasteiger partial charge in [0.1, 0.15) is 12.1 Å². The van der Waals surface area contributed by atoms with Gasteiger partial charge in [0.05, 0.1) is 0 Å². The lowest BCUT2D eigenvalue weighted by molar-refractivity contribution is -0.134. The van der Waals surface area contributed by atoms with Gasteiger partial charge in [0.25, 0.3) is 5.91 Å². The highest BCUT2D eigenvalue weighted by Crippen LogP contribution is 2.39. The molecule has 7 nitrogen and oxygen atoms in total. The van der Waals surface area contributed by atoms with Crippen LogP contribution in [0.1, 0.15) is 49.7 Å². The van der Waals surface area contributed by atoms with E-state index in [9.17, 15) is 9.59 Å². The van der Waals surface area contributed by atoms with E-state index in [0.29, 0.717) is 17.6 Å². The Kier molecular flexibility index (Phi) is 2.05. The van der Waals surface area contributed by atoms with E-state index in [1.807, 2.05) is 0 Å². The Hall–Kier alpha value is -1.92. The molecule has 0 aromatic carbocycles. The fourth-order valence-electron chi connectivity index (χ4n) is 2.66. The predicted octanol–water partition coefficient (Wildman–Crippen LogP) is 0.921. The van der Waals surface area contributed by atoms with Gasteiger partial charge in [0.15, 0.2) is 5.82 Å². The first kappa shape index (κ1) is 11.0. The molecule has 1 spiro atoms. The van der Waals surface area contributed by atoms with Crippen LogP contribution in [0, 0.1) is 0 Å². The van der Waals surface area contributed by atoms with Gasteiger partial charge >= 0.3 is 6.03 Å². The summed E-state index contributed by atoms with van der Waals surface area (Å²) in [5.74, 6) is 1.27. The quantitative estimate of drug-likeness (QED) is 0.818. The lowest BCUT2D eigenvalue weighted by Crippen LogP contribution is -2.52. The highest BCUT2D eigenvalue weighted by Gasteiger charge is 2.54. The van der Waals surface area contributed by atoms with Crippen molar-refractivity contribution in [2.24, 2.45) is 0 Å². The number of carbonyl (C=O) groups is 2. The first-order valence-electron chi connectivity index (χ1n) is 6.65. The minimum Gasteiger partial charge on any atom is -0.337 e. The summed E-state index contributed by atoms with van der Waals surface area (Å²) in [6.45, 7) is 0.0755. The Morgan fingerprint density at radius 3 is 2.74 bits per heavy atom. The summed E-state index contributed by atoms with van der Waals surface area (Å²) in [4.78, 5) is 29.5. The summed E-state index contributed by atoms with van der Waals surface area (Å²) in [7, 11) is 0. The molecule has 19 heavy (non-hydrogen) atoms. The molecule has 4 rings (SSSR count). The second kappa shape index (κ2) is 3.55. The van der Waals surface area contributed by atoms with E-state index in [4.69, 9.17) is 4.52 Å². The molecule has 1 N–H and O–H groups in total. The maximum atomic E-state index is 12.2. The standard InChI is InChI=1S/C12H14N4O3/c17-10-12(4-1-5-12)14-11(18)16(10)6-8-13-9(15-19-8)7-2-3-7/h7H,1-6H2,(H,14,18). The van der Waals surface area contributed by atoms with Gasteiger partial charge in [0, 0.05) is 5.92 Å². The third-order valence-electron chi connectivity index (χ3n) is 4.17. The molecule has 2 aliphatic carbocycles. The summed E-state index contributed by atoms with van der Waals surface area (Å²) < 4.78 is 5.11. The van der Waals surface area contributed by atoms with Crippen molar-refractivity contribution in [3.8, 4) is 0 Å². The third-order valence-corrected chi connectivity index (χ3v) is 4.17. The topological polar surface area (TPSA) is 88.3 Å². The average molecular weight is 262 g/mol. The smallest absolute Gasteiger partial charge is 0.325 e. The highest BCUT2D eigenvalue weighted by atomic mass is 16.5. The van der Waals surface area contributed by atoms with Gasteiger partial charge in [-0.05, 0) is 32.1 Å². The van der Waals surface area contributed by atoms with E-state index in [-0.39, 0.29) is 18.5 Å². The van der Waals surface area contributed by atoms with Gasteiger partial charge in [-0.25, -0.2) is 4.79 Å². The summed E-state index contributed by atoms with van der Waals surface area (Å²) in [6, 6.07) is -0.351. The SMILES string of the molecule is O=C1NC2(CCC2)C(=O)N1Cc1nc(C2CC2)no1. The van der Waals surface area contributed by atoms with Gasteiger partial charge in [0.2, 0.25) is 5.89 Å². The van der Waals surface area contributed by atoms with Crippen molar-refractivity contribution >= 4 is 11.9 Å². The molecule has 0 bridgehead atoms. The van der Waals surface area contributed by atoms with E-state index in [1.54, 1.807) is 0 Å². The van der Waals surface area contributed by atoms with Crippen LogP contribution >= 0.6 is 0 Å². The molecule has 3 fully saturated rings. The number of rotatable bonds is 3. The van der Waals surface area contributed by atoms with Crippen molar-refractivity contribution in [2.45, 2.75) is 50.1 Å². The molecule has 2 heterocycles. The number of nitrogens with one attached hydrogen (secondary N) is 1. The molecule has 3 aliphatic rings. The van der Waals surface area contributed by atoms with Crippen LogP contribution in [0.2, 0.25) is 0 Å². The van der Waals surface area contributed by atoms with E-state index in [1.165, 1.54) is 4.90 Å². The zero-order valence-corrected chi connectivity index (χ0v) is 10.4. The maximum Gasteiger partial charge on any atom is 0.325 e. The number of amides is 3. The van der Waals surface area contributed by atoms with Crippen LogP contribution in [-0.4, -0.2) is 32.5 Å². The van der Waals surface area contributed by atoms with Crippen LogP contribution < -0.4 is 5.32 Å². The summed E-state index contributed by atoms with van der Waals surface area (Å²) in [5, 5.41) is 6.66. The van der Waals surface area contributed by atoms with E-state index < -0.39 is 5.54 Å². The molecular formula is C12H14N4O3. The van der Waals surface area contributed by atoms with Gasteiger partial charge in [-0.3, -0.25) is 9.69 Å². The summed E-state index contributed by atoms with van der Waals surface area (Å²) in [6.07, 6.45) is 4.61. The summed E-state index contributed by atoms with van der Waals surface area (Å²) >= 11 is 0. The van der Waals surface area contributed by atoms with Crippen molar-refractivity contribution in [3.05, 3.63) is 11.7 Å². The molecule has 7 heteroatoms. The Morgan fingerprint density at radius 1 is 1.37 bits per heavy atom. The van der Waals surface area contributed by atoms with Crippen molar-refractivity contribution in [2.75, 3.05) is 0 Å². The first-order valence-corrected chi connectivity index (χ1v) is 6.65. The zero-order valence-electron chi connectivity index (χ0n) is 10.4. The third kappa shape index (κ3) is 1.57. The molecule has 1 aromatic rings. The molecule has 100 valence electrons. The molecule has 0 atom stereocenters. The highest BCUT2D eigenvalue weighted by molar-refractivity contribution is 6.07. The fourth-order valence-corrected chi connectivity index (χ4v) is 2.66. The maximum absolute atomic E-state index is 12.2. The zero-order chi connectivity index (χ0) is 13.0. The number of imide groups is 1. The van der Waals surface area contributed by atoms with Crippen LogP contribution in [0.25, 0.3) is 0 Å². The molecule has 2 saturated carbocycles. The lowest BCUT2D eigenvalue weighted by Gasteiger charge is -2.34. The monoisotopic (exact) mass is 262 g/mol. The van der Waals surface area contributed by atoms with Crippen LogP contribution in [0.4, 0.5) is 4.79 Å². The van der Waals surface area contributed by atoms with Gasteiger partial charge in [-0.1, -0.05) is 5.16 Å². The number of hydrogen-bond donors (Lipinski definition) is 1. The average Bonchev–Trinajstić information content (AvgIpc) is 3.04. The van der Waals surface area contributed by atoms with Gasteiger partial charge in [-0.15, -0.1) is 0 Å². The number of aromatic nitrogens is 2. The largest absolute Gasteiger partial charge is 0.337 e. The van der Waals surface area contributed by atoms with Gasteiger partial charge < -0.3 is 9.84 Å². The number of hydrogen-bond acceptors (Lipinski definition) is 5. The molecule has 1 aromatic heterocycles. The molecule has 1 aliphatic heterocycles. The fraction of sp³-hybridized carbons (Fsp3) is 0.667. The second-order valence-electron chi connectivity index (χ2n) is 5.58. The Labute approximate surface area is 109 Å². The predicted molar refractivity (Wildman–Crippen MR) is 61.9 cm³/mol. The van der Waals surface area contributed by atoms with Crippen LogP contribution in [-0.2, 0) is 11.3 Å². The molecular weight excluding hydrogens is 248 g/mol. The van der Waals surface area contributed by atoms with Crippen molar-refractivity contribution < 1.29 is 14.1 Å². The minimum atomic E-state index is -0.642. The summed E-state index contributed by atoms with van der Waals surface area (Å²) in [5.41, 5.74) is -0.642. The molecule has 0 unspecified atom stereocenters. The Bertz CT molecular complexity index is 559. The van der Waals surface area contributed by atoms with E-state index >= 15 is 0 Å². The van der Waals surface area contributed by atoms with Crippen molar-refractivity contribution in [1.82, 2.24) is 20.4 Å². The van der Waals surface area contributed by atoms with Crippen molar-refractivity contribution in [3.63, 3.8) is 0 Å². The van der Waals surface area contributed by atoms with Gasteiger partial charge in [-0.2, -0.15) is 4.98 Å².